The Hall–Kier alpha value is -0.570. The summed E-state index contributed by atoms with van der Waals surface area (Å²) in [4.78, 5) is 13.7. The van der Waals surface area contributed by atoms with Crippen LogP contribution in [0.5, 0.6) is 0 Å². The van der Waals surface area contributed by atoms with Crippen molar-refractivity contribution in [2.45, 2.75) is 65.3 Å². The molecule has 2 atom stereocenters. The molecule has 0 saturated heterocycles. The molecule has 0 aliphatic rings. The molecule has 1 N–H and O–H groups in total. The van der Waals surface area contributed by atoms with Crippen LogP contribution < -0.4 is 0 Å². The summed E-state index contributed by atoms with van der Waals surface area (Å²) in [6.07, 6.45) is 4.62. The standard InChI is InChI=1S/C14H29NO2/c1-6-9-10-15(5)14(8-3,13(16)17)11-12(4)7-2/h12H,6-11H2,1-5H3,(H,16,17). The molecule has 0 aromatic heterocycles. The van der Waals surface area contributed by atoms with Crippen molar-refractivity contribution in [2.24, 2.45) is 5.92 Å². The van der Waals surface area contributed by atoms with Crippen LogP contribution in [0.1, 0.15) is 59.8 Å². The second-order valence-corrected chi connectivity index (χ2v) is 5.18. The lowest BCUT2D eigenvalue weighted by Crippen LogP contribution is -2.53. The zero-order valence-electron chi connectivity index (χ0n) is 12.1. The Balaban J connectivity index is 4.86. The van der Waals surface area contributed by atoms with Crippen molar-refractivity contribution in [3.8, 4) is 0 Å². The average molecular weight is 243 g/mol. The molecule has 3 heteroatoms. The molecule has 0 spiro atoms. The molecule has 3 nitrogen and oxygen atoms in total. The van der Waals surface area contributed by atoms with E-state index in [1.807, 2.05) is 18.9 Å². The van der Waals surface area contributed by atoms with Gasteiger partial charge in [0.15, 0.2) is 0 Å². The van der Waals surface area contributed by atoms with Gasteiger partial charge in [-0.05, 0) is 38.8 Å². The van der Waals surface area contributed by atoms with Crippen LogP contribution in [0, 0.1) is 5.92 Å². The van der Waals surface area contributed by atoms with E-state index < -0.39 is 11.5 Å². The highest BCUT2D eigenvalue weighted by atomic mass is 16.4. The highest BCUT2D eigenvalue weighted by Crippen LogP contribution is 2.29. The van der Waals surface area contributed by atoms with Crippen molar-refractivity contribution in [3.63, 3.8) is 0 Å². The lowest BCUT2D eigenvalue weighted by atomic mass is 9.83. The molecule has 0 aliphatic carbocycles. The number of likely N-dealkylation sites (N-methyl/N-ethyl adjacent to an activating group) is 1. The summed E-state index contributed by atoms with van der Waals surface area (Å²) in [5.74, 6) is -0.214. The first-order valence-electron chi connectivity index (χ1n) is 6.89. The van der Waals surface area contributed by atoms with Gasteiger partial charge in [-0.3, -0.25) is 9.69 Å². The highest BCUT2D eigenvalue weighted by Gasteiger charge is 2.41. The van der Waals surface area contributed by atoms with Gasteiger partial charge in [-0.25, -0.2) is 0 Å². The molecular weight excluding hydrogens is 214 g/mol. The van der Waals surface area contributed by atoms with Gasteiger partial charge >= 0.3 is 5.97 Å². The second-order valence-electron chi connectivity index (χ2n) is 5.18. The minimum absolute atomic E-state index is 0.454. The fourth-order valence-electron chi connectivity index (χ4n) is 2.30. The van der Waals surface area contributed by atoms with Crippen LogP contribution in [0.25, 0.3) is 0 Å². The number of carboxylic acid groups (broad SMARTS) is 1. The summed E-state index contributed by atoms with van der Waals surface area (Å²) >= 11 is 0. The first-order valence-corrected chi connectivity index (χ1v) is 6.89. The number of aliphatic carboxylic acids is 1. The van der Waals surface area contributed by atoms with Crippen LogP contribution in [0.2, 0.25) is 0 Å². The average Bonchev–Trinajstić information content (AvgIpc) is 2.32. The van der Waals surface area contributed by atoms with Gasteiger partial charge in [-0.2, -0.15) is 0 Å². The molecule has 0 aromatic carbocycles. The summed E-state index contributed by atoms with van der Waals surface area (Å²) < 4.78 is 0. The van der Waals surface area contributed by atoms with E-state index >= 15 is 0 Å². The van der Waals surface area contributed by atoms with Crippen LogP contribution in [0.3, 0.4) is 0 Å². The lowest BCUT2D eigenvalue weighted by molar-refractivity contribution is -0.152. The zero-order valence-corrected chi connectivity index (χ0v) is 12.1. The Kier molecular flexibility index (Phi) is 7.44. The Morgan fingerprint density at radius 1 is 1.35 bits per heavy atom. The van der Waals surface area contributed by atoms with Crippen LogP contribution in [0.4, 0.5) is 0 Å². The van der Waals surface area contributed by atoms with E-state index in [9.17, 15) is 9.90 Å². The summed E-state index contributed by atoms with van der Waals surface area (Å²) in [7, 11) is 1.95. The van der Waals surface area contributed by atoms with E-state index in [0.29, 0.717) is 12.3 Å². The van der Waals surface area contributed by atoms with Crippen molar-refractivity contribution < 1.29 is 9.90 Å². The summed E-state index contributed by atoms with van der Waals surface area (Å²) in [5.41, 5.74) is -0.676. The van der Waals surface area contributed by atoms with E-state index in [1.54, 1.807) is 0 Å². The fraction of sp³-hybridized carbons (Fsp3) is 0.929. The van der Waals surface area contributed by atoms with E-state index in [0.717, 1.165) is 32.2 Å². The predicted molar refractivity (Wildman–Crippen MR) is 72.3 cm³/mol. The minimum Gasteiger partial charge on any atom is -0.480 e. The number of carbonyl (C=O) groups is 1. The van der Waals surface area contributed by atoms with E-state index in [2.05, 4.69) is 20.8 Å². The predicted octanol–water partition coefficient (Wildman–Crippen LogP) is 3.39. The van der Waals surface area contributed by atoms with Crippen molar-refractivity contribution in [3.05, 3.63) is 0 Å². The van der Waals surface area contributed by atoms with Gasteiger partial charge in [-0.15, -0.1) is 0 Å². The molecule has 0 aromatic rings. The van der Waals surface area contributed by atoms with Crippen molar-refractivity contribution in [2.75, 3.05) is 13.6 Å². The SMILES string of the molecule is CCCCN(C)C(CC)(CC(C)CC)C(=O)O. The minimum atomic E-state index is -0.676. The third-order valence-corrected chi connectivity index (χ3v) is 3.94. The largest absolute Gasteiger partial charge is 0.480 e. The van der Waals surface area contributed by atoms with Crippen molar-refractivity contribution >= 4 is 5.97 Å². The van der Waals surface area contributed by atoms with E-state index in [1.165, 1.54) is 0 Å². The van der Waals surface area contributed by atoms with Gasteiger partial charge in [0.05, 0.1) is 0 Å². The van der Waals surface area contributed by atoms with Crippen molar-refractivity contribution in [1.82, 2.24) is 4.90 Å². The molecule has 0 aliphatic heterocycles. The third kappa shape index (κ3) is 4.30. The monoisotopic (exact) mass is 243 g/mol. The topological polar surface area (TPSA) is 40.5 Å². The summed E-state index contributed by atoms with van der Waals surface area (Å²) in [6, 6.07) is 0. The number of hydrogen-bond acceptors (Lipinski definition) is 2. The molecule has 0 fully saturated rings. The van der Waals surface area contributed by atoms with E-state index in [-0.39, 0.29) is 0 Å². The first kappa shape index (κ1) is 16.4. The normalized spacial score (nSPS) is 16.8. The quantitative estimate of drug-likeness (QED) is 0.675. The lowest BCUT2D eigenvalue weighted by Gasteiger charge is -2.39. The Morgan fingerprint density at radius 2 is 1.94 bits per heavy atom. The summed E-state index contributed by atoms with van der Waals surface area (Å²) in [5, 5.41) is 9.60. The van der Waals surface area contributed by atoms with Crippen LogP contribution >= 0.6 is 0 Å². The number of hydrogen-bond donors (Lipinski definition) is 1. The second kappa shape index (κ2) is 7.70. The fourth-order valence-corrected chi connectivity index (χ4v) is 2.30. The van der Waals surface area contributed by atoms with Gasteiger partial charge in [0.25, 0.3) is 0 Å². The Morgan fingerprint density at radius 3 is 2.29 bits per heavy atom. The molecule has 102 valence electrons. The van der Waals surface area contributed by atoms with Gasteiger partial charge < -0.3 is 5.11 Å². The smallest absolute Gasteiger partial charge is 0.324 e. The molecule has 0 rings (SSSR count). The molecule has 2 unspecified atom stereocenters. The van der Waals surface area contributed by atoms with Gasteiger partial charge in [0, 0.05) is 0 Å². The highest BCUT2D eigenvalue weighted by molar-refractivity contribution is 5.78. The Bertz CT molecular complexity index is 230. The maximum atomic E-state index is 11.7. The van der Waals surface area contributed by atoms with Gasteiger partial charge in [-0.1, -0.05) is 40.5 Å². The number of unbranched alkanes of at least 4 members (excludes halogenated alkanes) is 1. The molecular formula is C14H29NO2. The first-order chi connectivity index (χ1) is 7.94. The zero-order chi connectivity index (χ0) is 13.5. The molecule has 0 heterocycles. The molecule has 17 heavy (non-hydrogen) atoms. The molecule has 0 amide bonds. The van der Waals surface area contributed by atoms with Crippen LogP contribution in [0.15, 0.2) is 0 Å². The van der Waals surface area contributed by atoms with Crippen LogP contribution in [-0.4, -0.2) is 35.1 Å². The number of carboxylic acids is 1. The van der Waals surface area contributed by atoms with E-state index in [4.69, 9.17) is 0 Å². The van der Waals surface area contributed by atoms with Gasteiger partial charge in [0.2, 0.25) is 0 Å². The maximum Gasteiger partial charge on any atom is 0.324 e. The third-order valence-electron chi connectivity index (χ3n) is 3.94. The molecule has 0 bridgehead atoms. The van der Waals surface area contributed by atoms with Crippen molar-refractivity contribution in [1.29, 1.82) is 0 Å². The molecule has 0 saturated carbocycles. The molecule has 0 radical (unpaired) electrons. The number of nitrogens with zero attached hydrogens (tertiary/aromatic N) is 1. The number of rotatable bonds is 9. The maximum absolute atomic E-state index is 11.7. The summed E-state index contributed by atoms with van der Waals surface area (Å²) in [6.45, 7) is 9.25. The Labute approximate surface area is 106 Å². The van der Waals surface area contributed by atoms with Crippen LogP contribution in [-0.2, 0) is 4.79 Å². The van der Waals surface area contributed by atoms with Gasteiger partial charge in [0.1, 0.15) is 5.54 Å².